The first kappa shape index (κ1) is 8.75. The number of rotatable bonds is 4. The van der Waals surface area contributed by atoms with Crippen molar-refractivity contribution >= 4 is 0 Å². The summed E-state index contributed by atoms with van der Waals surface area (Å²) >= 11 is 0. The zero-order chi connectivity index (χ0) is 9.31. The second-order valence-corrected chi connectivity index (χ2v) is 4.21. The molecule has 1 aliphatic carbocycles. The van der Waals surface area contributed by atoms with Crippen molar-refractivity contribution in [2.24, 2.45) is 5.73 Å². The van der Waals surface area contributed by atoms with E-state index in [1.165, 1.54) is 24.4 Å². The van der Waals surface area contributed by atoms with Gasteiger partial charge >= 0.3 is 0 Å². The van der Waals surface area contributed by atoms with Crippen molar-refractivity contribution in [2.75, 3.05) is 6.54 Å². The van der Waals surface area contributed by atoms with Crippen LogP contribution in [0.3, 0.4) is 0 Å². The van der Waals surface area contributed by atoms with Crippen LogP contribution in [0.5, 0.6) is 0 Å². The summed E-state index contributed by atoms with van der Waals surface area (Å²) in [5.41, 5.74) is 7.04. The van der Waals surface area contributed by atoms with E-state index in [1.54, 1.807) is 0 Å². The van der Waals surface area contributed by atoms with Gasteiger partial charge in [-0.2, -0.15) is 0 Å². The van der Waals surface area contributed by atoms with Crippen molar-refractivity contribution in [3.05, 3.63) is 17.7 Å². The Labute approximate surface area is 78.7 Å². The Morgan fingerprint density at radius 3 is 3.00 bits per heavy atom. The SMILES string of the molecule is CC1(c2ncc(CCCN)[nH]2)CC1. The smallest absolute Gasteiger partial charge is 0.112 e. The minimum absolute atomic E-state index is 0.362. The molecule has 0 spiro atoms. The maximum atomic E-state index is 5.45. The first-order chi connectivity index (χ1) is 6.24. The molecule has 3 N–H and O–H groups in total. The van der Waals surface area contributed by atoms with Crippen LogP contribution < -0.4 is 5.73 Å². The quantitative estimate of drug-likeness (QED) is 0.733. The molecule has 3 nitrogen and oxygen atoms in total. The molecule has 2 rings (SSSR count). The number of nitrogens with zero attached hydrogens (tertiary/aromatic N) is 1. The number of aryl methyl sites for hydroxylation is 1. The number of nitrogens with one attached hydrogen (secondary N) is 1. The molecule has 0 aromatic carbocycles. The molecule has 1 aromatic rings. The molecule has 1 aromatic heterocycles. The van der Waals surface area contributed by atoms with Gasteiger partial charge in [-0.15, -0.1) is 0 Å². The fraction of sp³-hybridized carbons (Fsp3) is 0.700. The Kier molecular flexibility index (Phi) is 2.12. The average molecular weight is 179 g/mol. The van der Waals surface area contributed by atoms with Crippen molar-refractivity contribution in [3.63, 3.8) is 0 Å². The van der Waals surface area contributed by atoms with E-state index in [9.17, 15) is 0 Å². The van der Waals surface area contributed by atoms with Gasteiger partial charge in [-0.3, -0.25) is 0 Å². The molecule has 0 unspecified atom stereocenters. The summed E-state index contributed by atoms with van der Waals surface area (Å²) in [5.74, 6) is 1.17. The topological polar surface area (TPSA) is 54.7 Å². The molecule has 3 heteroatoms. The highest BCUT2D eigenvalue weighted by molar-refractivity contribution is 5.18. The lowest BCUT2D eigenvalue weighted by Crippen LogP contribution is -2.03. The fourth-order valence-corrected chi connectivity index (χ4v) is 1.51. The van der Waals surface area contributed by atoms with Gasteiger partial charge in [0.1, 0.15) is 5.82 Å². The highest BCUT2D eigenvalue weighted by Crippen LogP contribution is 2.45. The Hall–Kier alpha value is -0.830. The number of H-pyrrole nitrogens is 1. The van der Waals surface area contributed by atoms with Gasteiger partial charge in [0, 0.05) is 17.3 Å². The van der Waals surface area contributed by atoms with E-state index in [-0.39, 0.29) is 0 Å². The fourth-order valence-electron chi connectivity index (χ4n) is 1.51. The molecule has 1 fully saturated rings. The lowest BCUT2D eigenvalue weighted by molar-refractivity contribution is 0.716. The average Bonchev–Trinajstić information content (AvgIpc) is 2.69. The van der Waals surface area contributed by atoms with Gasteiger partial charge in [0.05, 0.1) is 0 Å². The largest absolute Gasteiger partial charge is 0.345 e. The molecule has 0 bridgehead atoms. The second-order valence-electron chi connectivity index (χ2n) is 4.21. The number of hydrogen-bond donors (Lipinski definition) is 2. The molecule has 0 aliphatic heterocycles. The third kappa shape index (κ3) is 1.75. The minimum Gasteiger partial charge on any atom is -0.345 e. The van der Waals surface area contributed by atoms with Crippen LogP contribution in [-0.4, -0.2) is 16.5 Å². The van der Waals surface area contributed by atoms with Gasteiger partial charge in [-0.1, -0.05) is 6.92 Å². The third-order valence-electron chi connectivity index (χ3n) is 2.85. The number of hydrogen-bond acceptors (Lipinski definition) is 2. The normalized spacial score (nSPS) is 18.9. The first-order valence-electron chi connectivity index (χ1n) is 4.99. The molecule has 13 heavy (non-hydrogen) atoms. The first-order valence-corrected chi connectivity index (χ1v) is 4.99. The monoisotopic (exact) mass is 179 g/mol. The van der Waals surface area contributed by atoms with Gasteiger partial charge in [0.2, 0.25) is 0 Å². The Morgan fingerprint density at radius 2 is 2.38 bits per heavy atom. The van der Waals surface area contributed by atoms with Crippen molar-refractivity contribution in [3.8, 4) is 0 Å². The van der Waals surface area contributed by atoms with Gasteiger partial charge < -0.3 is 10.7 Å². The molecule has 1 saturated carbocycles. The summed E-state index contributed by atoms with van der Waals surface area (Å²) in [5, 5.41) is 0. The van der Waals surface area contributed by atoms with E-state index in [0.29, 0.717) is 5.41 Å². The van der Waals surface area contributed by atoms with Crippen LogP contribution in [0.15, 0.2) is 6.20 Å². The number of aromatic nitrogens is 2. The Bertz CT molecular complexity index is 286. The number of imidazole rings is 1. The highest BCUT2D eigenvalue weighted by Gasteiger charge is 2.41. The van der Waals surface area contributed by atoms with Crippen LogP contribution in [0.4, 0.5) is 0 Å². The molecular formula is C10H17N3. The van der Waals surface area contributed by atoms with Crippen LogP contribution in [-0.2, 0) is 11.8 Å². The van der Waals surface area contributed by atoms with Crippen LogP contribution in [0.1, 0.15) is 37.7 Å². The van der Waals surface area contributed by atoms with Crippen molar-refractivity contribution in [1.82, 2.24) is 9.97 Å². The van der Waals surface area contributed by atoms with Crippen LogP contribution >= 0.6 is 0 Å². The van der Waals surface area contributed by atoms with E-state index in [4.69, 9.17) is 5.73 Å². The van der Waals surface area contributed by atoms with Gasteiger partial charge in [-0.25, -0.2) is 4.98 Å². The van der Waals surface area contributed by atoms with Crippen LogP contribution in [0, 0.1) is 0 Å². The summed E-state index contributed by atoms with van der Waals surface area (Å²) in [7, 11) is 0. The molecule has 1 aliphatic rings. The lowest BCUT2D eigenvalue weighted by Gasteiger charge is -2.02. The number of aromatic amines is 1. The van der Waals surface area contributed by atoms with Crippen LogP contribution in [0.2, 0.25) is 0 Å². The molecule has 0 saturated heterocycles. The van der Waals surface area contributed by atoms with E-state index in [0.717, 1.165) is 19.4 Å². The zero-order valence-electron chi connectivity index (χ0n) is 8.14. The van der Waals surface area contributed by atoms with E-state index < -0.39 is 0 Å². The molecule has 0 radical (unpaired) electrons. The molecule has 72 valence electrons. The molecular weight excluding hydrogens is 162 g/mol. The second kappa shape index (κ2) is 3.14. The van der Waals surface area contributed by atoms with Crippen molar-refractivity contribution < 1.29 is 0 Å². The van der Waals surface area contributed by atoms with Crippen molar-refractivity contribution in [2.45, 2.75) is 38.0 Å². The summed E-state index contributed by atoms with van der Waals surface area (Å²) in [4.78, 5) is 7.79. The Balaban J connectivity index is 2.01. The van der Waals surface area contributed by atoms with Crippen LogP contribution in [0.25, 0.3) is 0 Å². The minimum atomic E-state index is 0.362. The van der Waals surface area contributed by atoms with E-state index in [2.05, 4.69) is 16.9 Å². The van der Waals surface area contributed by atoms with Crippen molar-refractivity contribution in [1.29, 1.82) is 0 Å². The predicted molar refractivity (Wildman–Crippen MR) is 52.5 cm³/mol. The summed E-state index contributed by atoms with van der Waals surface area (Å²) < 4.78 is 0. The van der Waals surface area contributed by atoms with E-state index in [1.807, 2.05) is 6.20 Å². The summed E-state index contributed by atoms with van der Waals surface area (Å²) in [6.45, 7) is 3.02. The standard InChI is InChI=1S/C10H17N3/c1-10(4-5-10)9-12-7-8(13-9)3-2-6-11/h7H,2-6,11H2,1H3,(H,12,13). The lowest BCUT2D eigenvalue weighted by atomic mass is 10.1. The van der Waals surface area contributed by atoms with Gasteiger partial charge in [0.15, 0.2) is 0 Å². The predicted octanol–water partition coefficient (Wildman–Crippen LogP) is 1.35. The van der Waals surface area contributed by atoms with Gasteiger partial charge in [0.25, 0.3) is 0 Å². The maximum Gasteiger partial charge on any atom is 0.112 e. The third-order valence-corrected chi connectivity index (χ3v) is 2.85. The molecule has 1 heterocycles. The Morgan fingerprint density at radius 1 is 1.62 bits per heavy atom. The van der Waals surface area contributed by atoms with Gasteiger partial charge in [-0.05, 0) is 32.2 Å². The molecule has 0 amide bonds. The maximum absolute atomic E-state index is 5.45. The summed E-state index contributed by atoms with van der Waals surface area (Å²) in [6, 6.07) is 0. The number of nitrogens with two attached hydrogens (primary N) is 1. The highest BCUT2D eigenvalue weighted by atomic mass is 14.9. The molecule has 0 atom stereocenters. The summed E-state index contributed by atoms with van der Waals surface area (Å²) in [6.07, 6.45) is 6.57. The van der Waals surface area contributed by atoms with E-state index >= 15 is 0 Å². The zero-order valence-corrected chi connectivity index (χ0v) is 8.14.